The zero-order valence-corrected chi connectivity index (χ0v) is 27.9. The number of nitrogens with zero attached hydrogens (tertiary/aromatic N) is 2. The van der Waals surface area contributed by atoms with Crippen molar-refractivity contribution in [3.8, 4) is 0 Å². The van der Waals surface area contributed by atoms with Crippen molar-refractivity contribution in [3.05, 3.63) is 130 Å². The maximum atomic E-state index is 14.6. The number of hydrogen-bond donors (Lipinski definition) is 1. The number of amides is 2. The molecule has 2 amide bonds. The lowest BCUT2D eigenvalue weighted by Crippen LogP contribution is -2.56. The summed E-state index contributed by atoms with van der Waals surface area (Å²) in [7, 11) is -4.20. The Hall–Kier alpha value is -4.14. The number of aryl methyl sites for hydroxylation is 2. The molecule has 45 heavy (non-hydrogen) atoms. The van der Waals surface area contributed by atoms with Crippen LogP contribution in [0, 0.1) is 13.8 Å². The number of rotatable bonds is 11. The smallest absolute Gasteiger partial charge is 0.264 e. The van der Waals surface area contributed by atoms with Crippen molar-refractivity contribution in [2.75, 3.05) is 10.8 Å². The molecule has 4 aromatic rings. The number of carbonyl (C=O) groups is 2. The predicted octanol–water partition coefficient (Wildman–Crippen LogP) is 6.71. The van der Waals surface area contributed by atoms with E-state index in [0.29, 0.717) is 16.3 Å². The molecule has 0 saturated carbocycles. The molecule has 0 aliphatic heterocycles. The predicted molar refractivity (Wildman–Crippen MR) is 181 cm³/mol. The van der Waals surface area contributed by atoms with Crippen LogP contribution in [0.15, 0.2) is 108 Å². The van der Waals surface area contributed by atoms with E-state index in [1.54, 1.807) is 37.3 Å². The lowest BCUT2D eigenvalue weighted by molar-refractivity contribution is -0.140. The molecule has 1 atom stereocenters. The third-order valence-corrected chi connectivity index (χ3v) is 9.29. The Kier molecular flexibility index (Phi) is 10.7. The van der Waals surface area contributed by atoms with Crippen molar-refractivity contribution >= 4 is 39.1 Å². The summed E-state index contributed by atoms with van der Waals surface area (Å²) in [5, 5.41) is 3.49. The first-order valence-electron chi connectivity index (χ1n) is 14.8. The number of benzene rings is 4. The molecule has 0 spiro atoms. The van der Waals surface area contributed by atoms with E-state index in [-0.39, 0.29) is 23.8 Å². The first-order valence-corrected chi connectivity index (χ1v) is 16.6. The SMILES string of the molecule is Cc1ccc(S(=O)(=O)N(CC(=O)N(Cc2ccccc2)C(Cc2ccccc2)C(=O)NC(C)(C)C)c2ccc(Cl)cc2C)cc1. The Labute approximate surface area is 271 Å². The molecule has 0 aromatic heterocycles. The number of anilines is 1. The van der Waals surface area contributed by atoms with Crippen molar-refractivity contribution in [3.63, 3.8) is 0 Å². The van der Waals surface area contributed by atoms with Gasteiger partial charge in [0, 0.05) is 23.5 Å². The summed E-state index contributed by atoms with van der Waals surface area (Å²) in [6.07, 6.45) is 0.242. The fraction of sp³-hybridized carbons (Fsp3) is 0.278. The number of carbonyl (C=O) groups excluding carboxylic acids is 2. The van der Waals surface area contributed by atoms with Crippen LogP contribution in [-0.4, -0.2) is 43.3 Å². The van der Waals surface area contributed by atoms with Gasteiger partial charge in [-0.1, -0.05) is 90.0 Å². The van der Waals surface area contributed by atoms with Crippen molar-refractivity contribution in [1.29, 1.82) is 0 Å². The molecule has 4 aromatic carbocycles. The highest BCUT2D eigenvalue weighted by Gasteiger charge is 2.36. The average Bonchev–Trinajstić information content (AvgIpc) is 2.98. The topological polar surface area (TPSA) is 86.8 Å². The highest BCUT2D eigenvalue weighted by atomic mass is 35.5. The number of halogens is 1. The van der Waals surface area contributed by atoms with Crippen LogP contribution in [-0.2, 0) is 32.6 Å². The van der Waals surface area contributed by atoms with E-state index in [2.05, 4.69) is 5.32 Å². The van der Waals surface area contributed by atoms with Crippen LogP contribution in [0.25, 0.3) is 0 Å². The third-order valence-electron chi connectivity index (χ3n) is 7.28. The molecule has 236 valence electrons. The molecular formula is C36H40ClN3O4S. The van der Waals surface area contributed by atoms with E-state index in [1.807, 2.05) is 88.4 Å². The van der Waals surface area contributed by atoms with Crippen molar-refractivity contribution < 1.29 is 18.0 Å². The maximum absolute atomic E-state index is 14.6. The van der Waals surface area contributed by atoms with Gasteiger partial charge in [-0.15, -0.1) is 0 Å². The second-order valence-corrected chi connectivity index (χ2v) is 14.5. The molecule has 9 heteroatoms. The summed E-state index contributed by atoms with van der Waals surface area (Å²) in [5.41, 5.74) is 2.94. The second kappa shape index (κ2) is 14.3. The monoisotopic (exact) mass is 645 g/mol. The summed E-state index contributed by atoms with van der Waals surface area (Å²) in [6.45, 7) is 8.84. The Morgan fingerprint density at radius 1 is 0.822 bits per heavy atom. The third kappa shape index (κ3) is 8.96. The van der Waals surface area contributed by atoms with Gasteiger partial charge in [0.2, 0.25) is 11.8 Å². The fourth-order valence-corrected chi connectivity index (χ4v) is 6.74. The summed E-state index contributed by atoms with van der Waals surface area (Å²) in [6, 6.07) is 29.3. The van der Waals surface area contributed by atoms with E-state index < -0.39 is 34.1 Å². The number of hydrogen-bond acceptors (Lipinski definition) is 4. The zero-order valence-electron chi connectivity index (χ0n) is 26.3. The van der Waals surface area contributed by atoms with Gasteiger partial charge < -0.3 is 10.2 Å². The Morgan fingerprint density at radius 2 is 1.40 bits per heavy atom. The first kappa shape index (κ1) is 33.7. The van der Waals surface area contributed by atoms with Gasteiger partial charge in [-0.25, -0.2) is 8.42 Å². The molecule has 0 saturated heterocycles. The van der Waals surface area contributed by atoms with Crippen molar-refractivity contribution in [1.82, 2.24) is 10.2 Å². The summed E-state index contributed by atoms with van der Waals surface area (Å²) >= 11 is 6.24. The molecule has 0 aliphatic rings. The number of sulfonamides is 1. The summed E-state index contributed by atoms with van der Waals surface area (Å²) in [5.74, 6) is -0.847. The standard InChI is InChI=1S/C36H40ClN3O4S/c1-26-16-19-31(20-17-26)45(43,44)40(32-21-18-30(37)22-27(32)2)25-34(41)39(24-29-14-10-7-11-15-29)33(35(42)38-36(3,4)5)23-28-12-8-6-9-13-28/h6-22,33H,23-25H2,1-5H3,(H,38,42). The summed E-state index contributed by atoms with van der Waals surface area (Å²) < 4.78 is 29.6. The zero-order chi connectivity index (χ0) is 32.8. The lowest BCUT2D eigenvalue weighted by atomic mass is 10.0. The van der Waals surface area contributed by atoms with E-state index in [4.69, 9.17) is 11.6 Å². The van der Waals surface area contributed by atoms with Crippen LogP contribution in [0.5, 0.6) is 0 Å². The van der Waals surface area contributed by atoms with Crippen molar-refractivity contribution in [2.45, 2.75) is 64.1 Å². The molecule has 1 unspecified atom stereocenters. The van der Waals surface area contributed by atoms with Gasteiger partial charge in [0.1, 0.15) is 12.6 Å². The van der Waals surface area contributed by atoms with Crippen LogP contribution >= 0.6 is 11.6 Å². The molecule has 0 radical (unpaired) electrons. The molecule has 4 rings (SSSR count). The minimum absolute atomic E-state index is 0.0520. The quantitative estimate of drug-likeness (QED) is 0.197. The van der Waals surface area contributed by atoms with Crippen LogP contribution in [0.1, 0.15) is 43.0 Å². The van der Waals surface area contributed by atoms with Gasteiger partial charge in [0.25, 0.3) is 10.0 Å². The normalized spacial score (nSPS) is 12.3. The largest absolute Gasteiger partial charge is 0.350 e. The average molecular weight is 646 g/mol. The van der Waals surface area contributed by atoms with Crippen LogP contribution in [0.2, 0.25) is 5.02 Å². The molecule has 1 N–H and O–H groups in total. The lowest BCUT2D eigenvalue weighted by Gasteiger charge is -2.35. The Morgan fingerprint density at radius 3 is 1.96 bits per heavy atom. The maximum Gasteiger partial charge on any atom is 0.264 e. The van der Waals surface area contributed by atoms with E-state index in [0.717, 1.165) is 21.0 Å². The minimum Gasteiger partial charge on any atom is -0.350 e. The fourth-order valence-electron chi connectivity index (χ4n) is 5.04. The molecule has 0 heterocycles. The molecular weight excluding hydrogens is 606 g/mol. The van der Waals surface area contributed by atoms with E-state index >= 15 is 0 Å². The Bertz CT molecular complexity index is 1720. The highest BCUT2D eigenvalue weighted by Crippen LogP contribution is 2.30. The van der Waals surface area contributed by atoms with Gasteiger partial charge in [-0.3, -0.25) is 13.9 Å². The molecule has 7 nitrogen and oxygen atoms in total. The van der Waals surface area contributed by atoms with Crippen LogP contribution < -0.4 is 9.62 Å². The van der Waals surface area contributed by atoms with Crippen LogP contribution in [0.4, 0.5) is 5.69 Å². The highest BCUT2D eigenvalue weighted by molar-refractivity contribution is 7.92. The second-order valence-electron chi connectivity index (χ2n) is 12.2. The van der Waals surface area contributed by atoms with Gasteiger partial charge in [0.05, 0.1) is 10.6 Å². The van der Waals surface area contributed by atoms with E-state index in [9.17, 15) is 18.0 Å². The van der Waals surface area contributed by atoms with E-state index in [1.165, 1.54) is 17.0 Å². The van der Waals surface area contributed by atoms with Crippen LogP contribution in [0.3, 0.4) is 0 Å². The number of nitrogens with one attached hydrogen (secondary N) is 1. The molecule has 0 bridgehead atoms. The Balaban J connectivity index is 1.83. The molecule has 0 aliphatic carbocycles. The first-order chi connectivity index (χ1) is 21.2. The van der Waals surface area contributed by atoms with Gasteiger partial charge in [-0.05, 0) is 81.6 Å². The van der Waals surface area contributed by atoms with Crippen molar-refractivity contribution in [2.24, 2.45) is 0 Å². The van der Waals surface area contributed by atoms with Gasteiger partial charge >= 0.3 is 0 Å². The minimum atomic E-state index is -4.20. The molecule has 0 fully saturated rings. The van der Waals surface area contributed by atoms with Gasteiger partial charge in [-0.2, -0.15) is 0 Å². The summed E-state index contributed by atoms with van der Waals surface area (Å²) in [4.78, 5) is 30.0. The van der Waals surface area contributed by atoms with Gasteiger partial charge in [0.15, 0.2) is 0 Å².